The second-order valence-corrected chi connectivity index (χ2v) is 3.68. The molecule has 0 aliphatic heterocycles. The molecule has 0 bridgehead atoms. The van der Waals surface area contributed by atoms with Gasteiger partial charge in [-0.2, -0.15) is 0 Å². The number of halogens is 1. The highest BCUT2D eigenvalue weighted by molar-refractivity contribution is 6.36. The van der Waals surface area contributed by atoms with Crippen molar-refractivity contribution in [1.82, 2.24) is 5.32 Å². The zero-order valence-corrected chi connectivity index (χ0v) is 10.0. The number of aliphatic hydroxyl groups excluding tert-OH is 1. The van der Waals surface area contributed by atoms with Crippen LogP contribution in [0.5, 0.6) is 0 Å². The monoisotopic (exact) mass is 258 g/mol. The number of nitrogen functional groups attached to an aromatic ring is 1. The summed E-state index contributed by atoms with van der Waals surface area (Å²) >= 11 is 5.90. The van der Waals surface area contributed by atoms with Gasteiger partial charge in [-0.1, -0.05) is 17.7 Å². The minimum absolute atomic E-state index is 0.0327. The number of nitrogens with one attached hydrogen (secondary N) is 1. The third-order valence-corrected chi connectivity index (χ3v) is 2.46. The molecule has 4 N–H and O–H groups in total. The molecule has 6 heteroatoms. The summed E-state index contributed by atoms with van der Waals surface area (Å²) in [6.45, 7) is 0.917. The van der Waals surface area contributed by atoms with Crippen molar-refractivity contribution in [3.8, 4) is 0 Å². The molecule has 0 aliphatic carbocycles. The van der Waals surface area contributed by atoms with E-state index < -0.39 is 0 Å². The first-order valence-corrected chi connectivity index (χ1v) is 5.55. The Balaban J connectivity index is 2.44. The van der Waals surface area contributed by atoms with Gasteiger partial charge in [0.2, 0.25) is 0 Å². The highest BCUT2D eigenvalue weighted by atomic mass is 35.5. The van der Waals surface area contributed by atoms with E-state index in [4.69, 9.17) is 27.2 Å². The Hall–Kier alpha value is -1.30. The highest BCUT2D eigenvalue weighted by Crippen LogP contribution is 2.22. The van der Waals surface area contributed by atoms with E-state index in [0.29, 0.717) is 24.4 Å². The van der Waals surface area contributed by atoms with E-state index in [2.05, 4.69) is 5.32 Å². The van der Waals surface area contributed by atoms with E-state index in [9.17, 15) is 4.79 Å². The van der Waals surface area contributed by atoms with Crippen molar-refractivity contribution in [2.24, 2.45) is 0 Å². The van der Waals surface area contributed by atoms with Gasteiger partial charge in [-0.15, -0.1) is 0 Å². The van der Waals surface area contributed by atoms with E-state index in [1.54, 1.807) is 18.2 Å². The van der Waals surface area contributed by atoms with Gasteiger partial charge in [0.05, 0.1) is 36.1 Å². The van der Waals surface area contributed by atoms with Crippen molar-refractivity contribution in [3.63, 3.8) is 0 Å². The molecule has 0 radical (unpaired) electrons. The number of benzene rings is 1. The van der Waals surface area contributed by atoms with E-state index in [0.717, 1.165) is 0 Å². The van der Waals surface area contributed by atoms with Gasteiger partial charge in [0.1, 0.15) is 0 Å². The fraction of sp³-hybridized carbons (Fsp3) is 0.364. The molecule has 0 fully saturated rings. The lowest BCUT2D eigenvalue weighted by Gasteiger charge is -2.08. The fourth-order valence-electron chi connectivity index (χ4n) is 1.22. The molecule has 94 valence electrons. The number of aliphatic hydroxyl groups is 1. The number of ether oxygens (including phenoxy) is 1. The molecule has 0 saturated carbocycles. The van der Waals surface area contributed by atoms with E-state index in [-0.39, 0.29) is 24.1 Å². The van der Waals surface area contributed by atoms with Crippen LogP contribution in [0.1, 0.15) is 10.4 Å². The van der Waals surface area contributed by atoms with Crippen LogP contribution >= 0.6 is 11.6 Å². The Kier molecular flexibility index (Phi) is 5.76. The van der Waals surface area contributed by atoms with Crippen molar-refractivity contribution < 1.29 is 14.6 Å². The van der Waals surface area contributed by atoms with Crippen LogP contribution in [0.2, 0.25) is 5.02 Å². The molecule has 0 unspecified atom stereocenters. The Morgan fingerprint density at radius 3 is 2.94 bits per heavy atom. The van der Waals surface area contributed by atoms with Gasteiger partial charge in [-0.25, -0.2) is 0 Å². The Morgan fingerprint density at radius 1 is 1.47 bits per heavy atom. The first kappa shape index (κ1) is 13.8. The van der Waals surface area contributed by atoms with E-state index in [1.807, 2.05) is 0 Å². The normalized spacial score (nSPS) is 10.2. The molecule has 0 heterocycles. The number of anilines is 1. The van der Waals surface area contributed by atoms with Gasteiger partial charge in [-0.3, -0.25) is 4.79 Å². The summed E-state index contributed by atoms with van der Waals surface area (Å²) in [5, 5.41) is 11.4. The topological polar surface area (TPSA) is 84.6 Å². The van der Waals surface area contributed by atoms with Crippen molar-refractivity contribution in [2.45, 2.75) is 0 Å². The molecule has 5 nitrogen and oxygen atoms in total. The van der Waals surface area contributed by atoms with Crippen molar-refractivity contribution in [2.75, 3.05) is 32.1 Å². The molecule has 1 rings (SSSR count). The van der Waals surface area contributed by atoms with Crippen molar-refractivity contribution in [3.05, 3.63) is 28.8 Å². The molecule has 0 atom stereocenters. The fourth-order valence-corrected chi connectivity index (χ4v) is 1.44. The summed E-state index contributed by atoms with van der Waals surface area (Å²) in [5.41, 5.74) is 6.30. The maximum atomic E-state index is 11.7. The molecule has 0 spiro atoms. The van der Waals surface area contributed by atoms with Crippen LogP contribution in [0.15, 0.2) is 18.2 Å². The predicted molar refractivity (Wildman–Crippen MR) is 66.1 cm³/mol. The second kappa shape index (κ2) is 7.11. The Labute approximate surface area is 105 Å². The summed E-state index contributed by atoms with van der Waals surface area (Å²) in [6.07, 6.45) is 0. The highest BCUT2D eigenvalue weighted by Gasteiger charge is 2.11. The van der Waals surface area contributed by atoms with Crippen LogP contribution < -0.4 is 11.1 Å². The summed E-state index contributed by atoms with van der Waals surface area (Å²) < 4.78 is 5.00. The maximum Gasteiger partial charge on any atom is 0.252 e. The average molecular weight is 259 g/mol. The third kappa shape index (κ3) is 4.22. The number of hydrogen-bond acceptors (Lipinski definition) is 4. The largest absolute Gasteiger partial charge is 0.398 e. The van der Waals surface area contributed by atoms with Crippen LogP contribution in [0.3, 0.4) is 0 Å². The van der Waals surface area contributed by atoms with Crippen LogP contribution in [0.25, 0.3) is 0 Å². The summed E-state index contributed by atoms with van der Waals surface area (Å²) in [4.78, 5) is 11.7. The number of amides is 1. The van der Waals surface area contributed by atoms with E-state index in [1.165, 1.54) is 0 Å². The van der Waals surface area contributed by atoms with Gasteiger partial charge in [0, 0.05) is 6.54 Å². The Morgan fingerprint density at radius 2 is 2.24 bits per heavy atom. The zero-order valence-electron chi connectivity index (χ0n) is 9.28. The molecular weight excluding hydrogens is 244 g/mol. The van der Waals surface area contributed by atoms with E-state index >= 15 is 0 Å². The first-order chi connectivity index (χ1) is 8.16. The summed E-state index contributed by atoms with van der Waals surface area (Å²) in [6, 6.07) is 4.89. The molecule has 0 aliphatic rings. The van der Waals surface area contributed by atoms with Gasteiger partial charge < -0.3 is 20.9 Å². The van der Waals surface area contributed by atoms with Gasteiger partial charge >= 0.3 is 0 Å². The van der Waals surface area contributed by atoms with Crippen LogP contribution in [-0.4, -0.2) is 37.4 Å². The second-order valence-electron chi connectivity index (χ2n) is 3.30. The molecule has 1 aromatic rings. The number of rotatable bonds is 6. The lowest BCUT2D eigenvalue weighted by Crippen LogP contribution is -2.27. The minimum atomic E-state index is -0.296. The smallest absolute Gasteiger partial charge is 0.252 e. The lowest BCUT2D eigenvalue weighted by atomic mass is 10.2. The SMILES string of the molecule is Nc1cccc(C(=O)NCCOCCO)c1Cl. The van der Waals surface area contributed by atoms with Gasteiger partial charge in [0.15, 0.2) is 0 Å². The maximum absolute atomic E-state index is 11.7. The average Bonchev–Trinajstić information content (AvgIpc) is 2.32. The molecular formula is C11H15ClN2O3. The third-order valence-electron chi connectivity index (χ3n) is 2.04. The van der Waals surface area contributed by atoms with Crippen molar-refractivity contribution >= 4 is 23.2 Å². The molecule has 0 saturated heterocycles. The molecule has 0 aromatic heterocycles. The standard InChI is InChI=1S/C11H15ClN2O3/c12-10-8(2-1-3-9(10)13)11(16)14-4-6-17-7-5-15/h1-3,15H,4-7,13H2,(H,14,16). The number of carbonyl (C=O) groups excluding carboxylic acids is 1. The first-order valence-electron chi connectivity index (χ1n) is 5.17. The Bertz CT molecular complexity index is 385. The summed E-state index contributed by atoms with van der Waals surface area (Å²) in [5.74, 6) is -0.296. The lowest BCUT2D eigenvalue weighted by molar-refractivity contribution is 0.0838. The zero-order chi connectivity index (χ0) is 12.7. The number of hydrogen-bond donors (Lipinski definition) is 3. The van der Waals surface area contributed by atoms with Gasteiger partial charge in [-0.05, 0) is 12.1 Å². The van der Waals surface area contributed by atoms with Gasteiger partial charge in [0.25, 0.3) is 5.91 Å². The molecule has 1 amide bonds. The number of nitrogens with two attached hydrogens (primary N) is 1. The summed E-state index contributed by atoms with van der Waals surface area (Å²) in [7, 11) is 0. The predicted octanol–water partition coefficient (Wildman–Crippen LogP) is 0.661. The van der Waals surface area contributed by atoms with Crippen LogP contribution in [0.4, 0.5) is 5.69 Å². The number of carbonyl (C=O) groups is 1. The molecule has 17 heavy (non-hydrogen) atoms. The van der Waals surface area contributed by atoms with Crippen LogP contribution in [0, 0.1) is 0 Å². The van der Waals surface area contributed by atoms with Crippen LogP contribution in [-0.2, 0) is 4.74 Å². The quantitative estimate of drug-likeness (QED) is 0.517. The minimum Gasteiger partial charge on any atom is -0.398 e. The van der Waals surface area contributed by atoms with Crippen molar-refractivity contribution in [1.29, 1.82) is 0 Å². The molecule has 1 aromatic carbocycles.